The molecule has 0 aromatic heterocycles. The lowest BCUT2D eigenvalue weighted by Crippen LogP contribution is -2.20. The molecule has 9 nitrogen and oxygen atoms in total. The van der Waals surface area contributed by atoms with Gasteiger partial charge in [0.25, 0.3) is 11.8 Å². The van der Waals surface area contributed by atoms with Gasteiger partial charge in [-0.2, -0.15) is 5.10 Å². The molecule has 3 aromatic carbocycles. The molecule has 0 unspecified atom stereocenters. The van der Waals surface area contributed by atoms with E-state index in [-0.39, 0.29) is 12.5 Å². The first-order valence-electron chi connectivity index (χ1n) is 10.5. The van der Waals surface area contributed by atoms with E-state index in [9.17, 15) is 9.59 Å². The zero-order valence-corrected chi connectivity index (χ0v) is 22.0. The highest BCUT2D eigenvalue weighted by Gasteiger charge is 2.14. The Balaban J connectivity index is 1.63. The molecule has 0 radical (unpaired) electrons. The van der Waals surface area contributed by atoms with Gasteiger partial charge in [0.1, 0.15) is 0 Å². The number of carbonyl (C=O) groups excluding carboxylic acids is 2. The molecule has 0 saturated carbocycles. The van der Waals surface area contributed by atoms with E-state index in [1.165, 1.54) is 27.5 Å². The summed E-state index contributed by atoms with van der Waals surface area (Å²) >= 11 is 9.28. The van der Waals surface area contributed by atoms with Crippen molar-refractivity contribution in [2.45, 2.75) is 0 Å². The van der Waals surface area contributed by atoms with Gasteiger partial charge < -0.3 is 24.3 Å². The third-order valence-corrected chi connectivity index (χ3v) is 5.59. The van der Waals surface area contributed by atoms with Gasteiger partial charge in [0, 0.05) is 16.3 Å². The van der Waals surface area contributed by atoms with Crippen LogP contribution >= 0.6 is 27.5 Å². The Morgan fingerprint density at radius 1 is 0.944 bits per heavy atom. The van der Waals surface area contributed by atoms with E-state index in [0.29, 0.717) is 49.3 Å². The molecule has 0 aliphatic heterocycles. The maximum absolute atomic E-state index is 12.4. The molecule has 0 aliphatic carbocycles. The first-order valence-corrected chi connectivity index (χ1v) is 11.6. The summed E-state index contributed by atoms with van der Waals surface area (Å²) in [6, 6.07) is 14.9. The molecular weight excluding hydrogens is 554 g/mol. The standard InChI is InChI=1S/C25H23BrClN3O6/c1-33-20-9-4-16(12-21(20)34-2)25(32)30-28-13-15-10-19(26)24(22(11-15)35-3)36-14-23(31)29-18-7-5-17(27)6-8-18/h4-13H,14H2,1-3H3,(H,29,31)(H,30,32)/b28-13+. The van der Waals surface area contributed by atoms with Crippen LogP contribution in [0.2, 0.25) is 5.02 Å². The summed E-state index contributed by atoms with van der Waals surface area (Å²) in [5.74, 6) is 0.880. The van der Waals surface area contributed by atoms with Gasteiger partial charge in [0.15, 0.2) is 29.6 Å². The average Bonchev–Trinajstić information content (AvgIpc) is 2.88. The Kier molecular flexibility index (Phi) is 9.54. The van der Waals surface area contributed by atoms with Crippen molar-refractivity contribution >= 4 is 51.2 Å². The number of rotatable bonds is 10. The Labute approximate surface area is 221 Å². The van der Waals surface area contributed by atoms with Crippen LogP contribution in [0.5, 0.6) is 23.0 Å². The Bertz CT molecular complexity index is 1270. The monoisotopic (exact) mass is 575 g/mol. The molecule has 11 heteroatoms. The number of benzene rings is 3. The highest BCUT2D eigenvalue weighted by atomic mass is 79.9. The minimum atomic E-state index is -0.426. The molecule has 0 atom stereocenters. The van der Waals surface area contributed by atoms with Gasteiger partial charge in [0.05, 0.1) is 32.0 Å². The maximum Gasteiger partial charge on any atom is 0.271 e. The summed E-state index contributed by atoms with van der Waals surface area (Å²) in [5, 5.41) is 7.29. The number of nitrogens with zero attached hydrogens (tertiary/aromatic N) is 1. The summed E-state index contributed by atoms with van der Waals surface area (Å²) in [5.41, 5.74) is 4.02. The van der Waals surface area contributed by atoms with Crippen molar-refractivity contribution in [3.8, 4) is 23.0 Å². The minimum Gasteiger partial charge on any atom is -0.493 e. The van der Waals surface area contributed by atoms with E-state index in [2.05, 4.69) is 31.8 Å². The molecule has 2 N–H and O–H groups in total. The van der Waals surface area contributed by atoms with Crippen molar-refractivity contribution in [2.75, 3.05) is 33.3 Å². The second-order valence-corrected chi connectivity index (χ2v) is 8.44. The molecule has 3 aromatic rings. The number of carbonyl (C=O) groups is 2. The van der Waals surface area contributed by atoms with Crippen LogP contribution in [0, 0.1) is 0 Å². The number of hydrogen-bond donors (Lipinski definition) is 2. The van der Waals surface area contributed by atoms with Crippen LogP contribution in [0.15, 0.2) is 64.2 Å². The summed E-state index contributed by atoms with van der Waals surface area (Å²) in [6.07, 6.45) is 1.45. The molecule has 0 spiro atoms. The number of halogens is 2. The second kappa shape index (κ2) is 12.8. The molecule has 0 bridgehead atoms. The average molecular weight is 577 g/mol. The number of nitrogens with one attached hydrogen (secondary N) is 2. The quantitative estimate of drug-likeness (QED) is 0.262. The van der Waals surface area contributed by atoms with Gasteiger partial charge in [-0.25, -0.2) is 5.43 Å². The lowest BCUT2D eigenvalue weighted by molar-refractivity contribution is -0.118. The summed E-state index contributed by atoms with van der Waals surface area (Å²) in [6.45, 7) is -0.244. The van der Waals surface area contributed by atoms with Gasteiger partial charge in [0.2, 0.25) is 0 Å². The van der Waals surface area contributed by atoms with E-state index in [0.717, 1.165) is 0 Å². The number of amides is 2. The zero-order chi connectivity index (χ0) is 26.1. The van der Waals surface area contributed by atoms with E-state index < -0.39 is 5.91 Å². The number of anilines is 1. The smallest absolute Gasteiger partial charge is 0.271 e. The highest BCUT2D eigenvalue weighted by molar-refractivity contribution is 9.10. The van der Waals surface area contributed by atoms with Crippen molar-refractivity contribution in [1.82, 2.24) is 5.43 Å². The molecule has 3 rings (SSSR count). The van der Waals surface area contributed by atoms with Crippen LogP contribution in [-0.4, -0.2) is 46.0 Å². The van der Waals surface area contributed by atoms with Gasteiger partial charge >= 0.3 is 0 Å². The van der Waals surface area contributed by atoms with E-state index in [1.54, 1.807) is 54.6 Å². The van der Waals surface area contributed by atoms with E-state index >= 15 is 0 Å². The van der Waals surface area contributed by atoms with Crippen LogP contribution in [0.3, 0.4) is 0 Å². The van der Waals surface area contributed by atoms with E-state index in [1.807, 2.05) is 0 Å². The molecule has 36 heavy (non-hydrogen) atoms. The Morgan fingerprint density at radius 3 is 2.31 bits per heavy atom. The molecular formula is C25H23BrClN3O6. The molecule has 0 heterocycles. The summed E-state index contributed by atoms with van der Waals surface area (Å²) in [7, 11) is 4.48. The minimum absolute atomic E-state index is 0.244. The fourth-order valence-electron chi connectivity index (χ4n) is 3.03. The lowest BCUT2D eigenvalue weighted by atomic mass is 10.2. The van der Waals surface area contributed by atoms with Crippen molar-refractivity contribution in [2.24, 2.45) is 5.10 Å². The molecule has 0 aliphatic rings. The number of methoxy groups -OCH3 is 3. The summed E-state index contributed by atoms with van der Waals surface area (Å²) in [4.78, 5) is 24.7. The van der Waals surface area contributed by atoms with Crippen molar-refractivity contribution in [3.63, 3.8) is 0 Å². The van der Waals surface area contributed by atoms with Gasteiger partial charge in [-0.1, -0.05) is 11.6 Å². The Morgan fingerprint density at radius 2 is 1.64 bits per heavy atom. The first kappa shape index (κ1) is 26.8. The van der Waals surface area contributed by atoms with Gasteiger partial charge in [-0.05, 0) is 76.1 Å². The van der Waals surface area contributed by atoms with Crippen LogP contribution in [0.25, 0.3) is 0 Å². The van der Waals surface area contributed by atoms with Gasteiger partial charge in [-0.15, -0.1) is 0 Å². The van der Waals surface area contributed by atoms with E-state index in [4.69, 9.17) is 30.5 Å². The predicted octanol–water partition coefficient (Wildman–Crippen LogP) is 4.91. The zero-order valence-electron chi connectivity index (χ0n) is 19.6. The highest BCUT2D eigenvalue weighted by Crippen LogP contribution is 2.36. The maximum atomic E-state index is 12.4. The fraction of sp³-hybridized carbons (Fsp3) is 0.160. The normalized spacial score (nSPS) is 10.6. The van der Waals surface area contributed by atoms with Crippen molar-refractivity contribution in [3.05, 3.63) is 75.2 Å². The number of ether oxygens (including phenoxy) is 4. The van der Waals surface area contributed by atoms with Crippen molar-refractivity contribution < 1.29 is 28.5 Å². The van der Waals surface area contributed by atoms with Gasteiger partial charge in [-0.3, -0.25) is 9.59 Å². The third-order valence-electron chi connectivity index (χ3n) is 4.75. The fourth-order valence-corrected chi connectivity index (χ4v) is 3.73. The van der Waals surface area contributed by atoms with Crippen molar-refractivity contribution in [1.29, 1.82) is 0 Å². The lowest BCUT2D eigenvalue weighted by Gasteiger charge is -2.13. The molecule has 188 valence electrons. The number of hydrogen-bond acceptors (Lipinski definition) is 7. The van der Waals surface area contributed by atoms with Crippen LogP contribution in [-0.2, 0) is 4.79 Å². The van der Waals surface area contributed by atoms with Crippen LogP contribution in [0.4, 0.5) is 5.69 Å². The topological polar surface area (TPSA) is 107 Å². The predicted molar refractivity (Wildman–Crippen MR) is 141 cm³/mol. The van der Waals surface area contributed by atoms with Crippen LogP contribution in [0.1, 0.15) is 15.9 Å². The SMILES string of the molecule is COc1ccc(C(=O)N/N=C/c2cc(Br)c(OCC(=O)Nc3ccc(Cl)cc3)c(OC)c2)cc1OC. The Hall–Kier alpha value is -3.76. The summed E-state index contributed by atoms with van der Waals surface area (Å²) < 4.78 is 22.0. The number of hydrazone groups is 1. The van der Waals surface area contributed by atoms with Crippen LogP contribution < -0.4 is 29.7 Å². The molecule has 0 fully saturated rings. The first-order chi connectivity index (χ1) is 17.3. The third kappa shape index (κ3) is 7.12. The molecule has 2 amide bonds. The second-order valence-electron chi connectivity index (χ2n) is 7.15. The molecule has 0 saturated heterocycles. The largest absolute Gasteiger partial charge is 0.493 e.